The van der Waals surface area contributed by atoms with E-state index in [1.807, 2.05) is 39.8 Å². The van der Waals surface area contributed by atoms with E-state index < -0.39 is 23.3 Å². The van der Waals surface area contributed by atoms with E-state index in [0.29, 0.717) is 11.3 Å². The van der Waals surface area contributed by atoms with Gasteiger partial charge in [0.15, 0.2) is 6.61 Å². The van der Waals surface area contributed by atoms with Crippen LogP contribution in [0.25, 0.3) is 0 Å². The molecule has 5 nitrogen and oxygen atoms in total. The second-order valence-electron chi connectivity index (χ2n) is 8.23. The third-order valence-electron chi connectivity index (χ3n) is 4.46. The average Bonchev–Trinajstić information content (AvgIpc) is 2.66. The van der Waals surface area contributed by atoms with Gasteiger partial charge in [-0.05, 0) is 64.4 Å². The zero-order valence-electron chi connectivity index (χ0n) is 18.0. The lowest BCUT2D eigenvalue weighted by Crippen LogP contribution is -2.53. The fourth-order valence-electron chi connectivity index (χ4n) is 2.80. The van der Waals surface area contributed by atoms with Crippen molar-refractivity contribution in [2.24, 2.45) is 0 Å². The number of aryl methyl sites for hydroxylation is 1. The van der Waals surface area contributed by atoms with Crippen molar-refractivity contribution in [3.8, 4) is 5.75 Å². The van der Waals surface area contributed by atoms with Gasteiger partial charge in [0.05, 0.1) is 0 Å². The Balaban J connectivity index is 2.20. The summed E-state index contributed by atoms with van der Waals surface area (Å²) >= 11 is 3.42. The summed E-state index contributed by atoms with van der Waals surface area (Å²) in [4.78, 5) is 27.0. The van der Waals surface area contributed by atoms with E-state index in [1.54, 1.807) is 31.2 Å². The van der Waals surface area contributed by atoms with Gasteiger partial charge < -0.3 is 15.0 Å². The number of benzene rings is 2. The predicted molar refractivity (Wildman–Crippen MR) is 119 cm³/mol. The summed E-state index contributed by atoms with van der Waals surface area (Å²) < 4.78 is 20.8. The molecule has 0 spiro atoms. The highest BCUT2D eigenvalue weighted by Gasteiger charge is 2.29. The number of nitrogens with zero attached hydrogens (tertiary/aromatic N) is 1. The van der Waals surface area contributed by atoms with Crippen LogP contribution in [0.15, 0.2) is 46.9 Å². The highest BCUT2D eigenvalue weighted by molar-refractivity contribution is 9.10. The molecule has 2 rings (SSSR count). The van der Waals surface area contributed by atoms with E-state index in [0.717, 1.165) is 10.0 Å². The van der Waals surface area contributed by atoms with Crippen LogP contribution in [-0.2, 0) is 16.1 Å². The SMILES string of the molecule is Cc1cc(OCC(=O)N(Cc2ccccc2F)[C@@H](C)C(=O)NC(C)(C)C)ccc1Br. The van der Waals surface area contributed by atoms with E-state index >= 15 is 0 Å². The van der Waals surface area contributed by atoms with Crippen LogP contribution in [0.4, 0.5) is 4.39 Å². The molecule has 0 aromatic heterocycles. The first-order chi connectivity index (χ1) is 14.0. The van der Waals surface area contributed by atoms with Crippen LogP contribution in [0.1, 0.15) is 38.8 Å². The van der Waals surface area contributed by atoms with Gasteiger partial charge in [0.1, 0.15) is 17.6 Å². The van der Waals surface area contributed by atoms with Gasteiger partial charge in [0.2, 0.25) is 5.91 Å². The number of halogens is 2. The van der Waals surface area contributed by atoms with E-state index in [9.17, 15) is 14.0 Å². The Kier molecular flexibility index (Phi) is 8.01. The molecule has 162 valence electrons. The number of carbonyl (C=O) groups is 2. The van der Waals surface area contributed by atoms with Crippen LogP contribution in [-0.4, -0.2) is 34.9 Å². The van der Waals surface area contributed by atoms with Gasteiger partial charge in [0, 0.05) is 22.1 Å². The molecule has 0 bridgehead atoms. The molecule has 1 N–H and O–H groups in total. The molecule has 2 aromatic carbocycles. The van der Waals surface area contributed by atoms with Gasteiger partial charge in [-0.1, -0.05) is 34.1 Å². The quantitative estimate of drug-likeness (QED) is 0.631. The zero-order chi connectivity index (χ0) is 22.5. The minimum atomic E-state index is -0.799. The first-order valence-electron chi connectivity index (χ1n) is 9.72. The largest absolute Gasteiger partial charge is 0.484 e. The molecule has 0 aliphatic heterocycles. The highest BCUT2D eigenvalue weighted by Crippen LogP contribution is 2.22. The summed E-state index contributed by atoms with van der Waals surface area (Å²) in [6, 6.07) is 10.8. The Bertz CT molecular complexity index is 912. The van der Waals surface area contributed by atoms with Gasteiger partial charge in [0.25, 0.3) is 5.91 Å². The number of rotatable bonds is 7. The summed E-state index contributed by atoms with van der Waals surface area (Å²) in [6.45, 7) is 8.83. The molecular weight excluding hydrogens is 451 g/mol. The van der Waals surface area contributed by atoms with E-state index in [-0.39, 0.29) is 19.1 Å². The number of amides is 2. The highest BCUT2D eigenvalue weighted by atomic mass is 79.9. The normalized spacial score (nSPS) is 12.2. The second-order valence-corrected chi connectivity index (χ2v) is 9.08. The number of hydrogen-bond acceptors (Lipinski definition) is 3. The minimum Gasteiger partial charge on any atom is -0.484 e. The lowest BCUT2D eigenvalue weighted by molar-refractivity contribution is -0.142. The van der Waals surface area contributed by atoms with Crippen LogP contribution in [0, 0.1) is 12.7 Å². The van der Waals surface area contributed by atoms with E-state index in [4.69, 9.17) is 4.74 Å². The summed E-state index contributed by atoms with van der Waals surface area (Å²) in [6.07, 6.45) is 0. The lowest BCUT2D eigenvalue weighted by atomic mass is 10.1. The molecule has 2 aromatic rings. The van der Waals surface area contributed by atoms with E-state index in [1.165, 1.54) is 11.0 Å². The maximum absolute atomic E-state index is 14.2. The smallest absolute Gasteiger partial charge is 0.261 e. The topological polar surface area (TPSA) is 58.6 Å². The minimum absolute atomic E-state index is 0.0348. The molecule has 30 heavy (non-hydrogen) atoms. The molecular formula is C23H28BrFN2O3. The average molecular weight is 479 g/mol. The molecule has 0 aliphatic rings. The van der Waals surface area contributed by atoms with Crippen LogP contribution in [0.2, 0.25) is 0 Å². The van der Waals surface area contributed by atoms with Gasteiger partial charge in [-0.3, -0.25) is 9.59 Å². The van der Waals surface area contributed by atoms with Crippen molar-refractivity contribution in [2.75, 3.05) is 6.61 Å². The van der Waals surface area contributed by atoms with Crippen LogP contribution in [0.5, 0.6) is 5.75 Å². The molecule has 0 unspecified atom stereocenters. The Morgan fingerprint density at radius 3 is 2.47 bits per heavy atom. The molecule has 0 aliphatic carbocycles. The Labute approximate surface area is 185 Å². The van der Waals surface area contributed by atoms with Crippen molar-refractivity contribution >= 4 is 27.7 Å². The zero-order valence-corrected chi connectivity index (χ0v) is 19.5. The standard InChI is InChI=1S/C23H28BrFN2O3/c1-15-12-18(10-11-19(15)24)30-14-21(28)27(13-17-8-6-7-9-20(17)25)16(2)22(29)26-23(3,4)5/h6-12,16H,13-14H2,1-5H3,(H,26,29)/t16-/m0/s1. The van der Waals surface area contributed by atoms with Gasteiger partial charge >= 0.3 is 0 Å². The molecule has 2 amide bonds. The summed E-state index contributed by atoms with van der Waals surface area (Å²) in [5, 5.41) is 2.87. The summed E-state index contributed by atoms with van der Waals surface area (Å²) in [5.41, 5.74) is 0.852. The molecule has 0 radical (unpaired) electrons. The van der Waals surface area contributed by atoms with Crippen molar-refractivity contribution in [1.82, 2.24) is 10.2 Å². The summed E-state index contributed by atoms with van der Waals surface area (Å²) in [5.74, 6) is -0.605. The van der Waals surface area contributed by atoms with Crippen LogP contribution in [0.3, 0.4) is 0 Å². The lowest BCUT2D eigenvalue weighted by Gasteiger charge is -2.31. The third-order valence-corrected chi connectivity index (χ3v) is 5.35. The molecule has 1 atom stereocenters. The van der Waals surface area contributed by atoms with Gasteiger partial charge in [-0.2, -0.15) is 0 Å². The predicted octanol–water partition coefficient (Wildman–Crippen LogP) is 4.61. The Hall–Kier alpha value is -2.41. The van der Waals surface area contributed by atoms with Gasteiger partial charge in [-0.15, -0.1) is 0 Å². The first-order valence-corrected chi connectivity index (χ1v) is 10.5. The van der Waals surface area contributed by atoms with Gasteiger partial charge in [-0.25, -0.2) is 4.39 Å². The Morgan fingerprint density at radius 1 is 1.20 bits per heavy atom. The number of ether oxygens (including phenoxy) is 1. The maximum Gasteiger partial charge on any atom is 0.261 e. The summed E-state index contributed by atoms with van der Waals surface area (Å²) in [7, 11) is 0. The number of nitrogens with one attached hydrogen (secondary N) is 1. The first kappa shape index (κ1) is 23.9. The Morgan fingerprint density at radius 2 is 1.87 bits per heavy atom. The second kappa shape index (κ2) is 10.1. The molecule has 0 saturated carbocycles. The maximum atomic E-state index is 14.2. The van der Waals surface area contributed by atoms with Crippen LogP contribution >= 0.6 is 15.9 Å². The molecule has 0 saturated heterocycles. The van der Waals surface area contributed by atoms with Crippen LogP contribution < -0.4 is 10.1 Å². The molecule has 0 heterocycles. The fourth-order valence-corrected chi connectivity index (χ4v) is 3.05. The molecule has 0 fully saturated rings. The third kappa shape index (κ3) is 6.83. The van der Waals surface area contributed by atoms with Crippen molar-refractivity contribution in [2.45, 2.75) is 52.7 Å². The fraction of sp³-hybridized carbons (Fsp3) is 0.391. The van der Waals surface area contributed by atoms with Crippen molar-refractivity contribution in [1.29, 1.82) is 0 Å². The number of hydrogen-bond donors (Lipinski definition) is 1. The molecule has 7 heteroatoms. The van der Waals surface area contributed by atoms with Crippen molar-refractivity contribution in [3.63, 3.8) is 0 Å². The number of carbonyl (C=O) groups excluding carboxylic acids is 2. The van der Waals surface area contributed by atoms with Crippen molar-refractivity contribution < 1.29 is 18.7 Å². The van der Waals surface area contributed by atoms with E-state index in [2.05, 4.69) is 21.2 Å². The van der Waals surface area contributed by atoms with Crippen molar-refractivity contribution in [3.05, 3.63) is 63.9 Å². The monoisotopic (exact) mass is 478 g/mol.